The Hall–Kier alpha value is -2.05. The van der Waals surface area contributed by atoms with Gasteiger partial charge in [0, 0.05) is 36.6 Å². The number of rotatable bonds is 3. The highest BCUT2D eigenvalue weighted by Gasteiger charge is 2.28. The minimum absolute atomic E-state index is 0.637. The van der Waals surface area contributed by atoms with Gasteiger partial charge >= 0.3 is 0 Å². The van der Waals surface area contributed by atoms with E-state index in [1.54, 1.807) is 0 Å². The number of aryl methyl sites for hydroxylation is 2. The molecule has 6 heteroatoms. The van der Waals surface area contributed by atoms with Crippen LogP contribution in [-0.4, -0.2) is 39.0 Å². The zero-order valence-corrected chi connectivity index (χ0v) is 14.3. The molecule has 2 aliphatic rings. The number of pyridine rings is 1. The van der Waals surface area contributed by atoms with Crippen LogP contribution in [0, 0.1) is 13.8 Å². The molecule has 4 rings (SSSR count). The molecule has 0 radical (unpaired) electrons. The number of nitrogens with zero attached hydrogens (tertiary/aromatic N) is 4. The van der Waals surface area contributed by atoms with Gasteiger partial charge in [-0.2, -0.15) is 0 Å². The minimum atomic E-state index is 0.637. The number of nitrogens with one attached hydrogen (secondary N) is 2. The molecule has 0 unspecified atom stereocenters. The number of aromatic nitrogens is 3. The van der Waals surface area contributed by atoms with E-state index in [9.17, 15) is 0 Å². The van der Waals surface area contributed by atoms with Crippen LogP contribution in [-0.2, 0) is 13.1 Å². The predicted molar refractivity (Wildman–Crippen MR) is 94.2 cm³/mol. The summed E-state index contributed by atoms with van der Waals surface area (Å²) in [5.41, 5.74) is 4.59. The molecule has 0 saturated carbocycles. The summed E-state index contributed by atoms with van der Waals surface area (Å²) in [5.74, 6) is 1.44. The van der Waals surface area contributed by atoms with E-state index < -0.39 is 0 Å². The van der Waals surface area contributed by atoms with Gasteiger partial charge in [0.2, 0.25) is 5.95 Å². The van der Waals surface area contributed by atoms with Crippen LogP contribution in [0.5, 0.6) is 0 Å². The van der Waals surface area contributed by atoms with E-state index in [0.29, 0.717) is 12.0 Å². The molecule has 2 aromatic heterocycles. The summed E-state index contributed by atoms with van der Waals surface area (Å²) in [5, 5.41) is 6.68. The molecule has 4 heterocycles. The van der Waals surface area contributed by atoms with E-state index >= 15 is 0 Å². The highest BCUT2D eigenvalue weighted by molar-refractivity contribution is 5.50. The molecule has 1 saturated heterocycles. The van der Waals surface area contributed by atoms with Crippen molar-refractivity contribution in [1.82, 2.24) is 25.2 Å². The Morgan fingerprint density at radius 2 is 1.96 bits per heavy atom. The smallest absolute Gasteiger partial charge is 0.228 e. The van der Waals surface area contributed by atoms with Gasteiger partial charge in [0.05, 0.1) is 5.69 Å². The van der Waals surface area contributed by atoms with Crippen molar-refractivity contribution in [3.63, 3.8) is 0 Å². The first-order valence-electron chi connectivity index (χ1n) is 8.69. The summed E-state index contributed by atoms with van der Waals surface area (Å²) >= 11 is 0. The second kappa shape index (κ2) is 6.45. The monoisotopic (exact) mass is 324 g/mol. The van der Waals surface area contributed by atoms with Crippen molar-refractivity contribution in [2.24, 2.45) is 0 Å². The average molecular weight is 324 g/mol. The number of fused-ring (bicyclic) bond motifs is 1. The van der Waals surface area contributed by atoms with Crippen molar-refractivity contribution in [3.8, 4) is 0 Å². The largest absolute Gasteiger partial charge is 0.317 e. The van der Waals surface area contributed by atoms with Crippen LogP contribution in [0.25, 0.3) is 0 Å². The van der Waals surface area contributed by atoms with Crippen LogP contribution >= 0.6 is 0 Å². The fraction of sp³-hybridized carbons (Fsp3) is 0.500. The van der Waals surface area contributed by atoms with E-state index in [0.717, 1.165) is 43.4 Å². The first-order valence-corrected chi connectivity index (χ1v) is 8.69. The first-order chi connectivity index (χ1) is 11.7. The van der Waals surface area contributed by atoms with Crippen LogP contribution in [0.3, 0.4) is 0 Å². The van der Waals surface area contributed by atoms with E-state index in [1.807, 2.05) is 19.2 Å². The molecular formula is C18H24N6. The Kier molecular flexibility index (Phi) is 4.16. The molecule has 2 N–H and O–H groups in total. The zero-order chi connectivity index (χ0) is 16.5. The van der Waals surface area contributed by atoms with Gasteiger partial charge in [0.25, 0.3) is 0 Å². The number of hydrogen-bond donors (Lipinski definition) is 2. The van der Waals surface area contributed by atoms with Crippen molar-refractivity contribution >= 4 is 11.8 Å². The number of anilines is 2. The average Bonchev–Trinajstić information content (AvgIpc) is 2.98. The quantitative estimate of drug-likeness (QED) is 0.903. The van der Waals surface area contributed by atoms with Gasteiger partial charge in [0.1, 0.15) is 5.82 Å². The van der Waals surface area contributed by atoms with Gasteiger partial charge in [0.15, 0.2) is 0 Å². The highest BCUT2D eigenvalue weighted by Crippen LogP contribution is 2.26. The summed E-state index contributed by atoms with van der Waals surface area (Å²) < 4.78 is 0. The first kappa shape index (κ1) is 15.5. The van der Waals surface area contributed by atoms with Crippen molar-refractivity contribution in [1.29, 1.82) is 0 Å². The second-order valence-corrected chi connectivity index (χ2v) is 6.85. The summed E-state index contributed by atoms with van der Waals surface area (Å²) in [6.07, 6.45) is 4.41. The Labute approximate surface area is 142 Å². The minimum Gasteiger partial charge on any atom is -0.317 e. The molecule has 0 spiro atoms. The van der Waals surface area contributed by atoms with Crippen LogP contribution < -0.4 is 10.6 Å². The van der Waals surface area contributed by atoms with Gasteiger partial charge in [-0.1, -0.05) is 0 Å². The van der Waals surface area contributed by atoms with Crippen LogP contribution in [0.1, 0.15) is 35.4 Å². The molecule has 0 aliphatic carbocycles. The Bertz CT molecular complexity index is 718. The third kappa shape index (κ3) is 3.25. The molecule has 2 aromatic rings. The summed E-state index contributed by atoms with van der Waals surface area (Å²) in [7, 11) is 0. The van der Waals surface area contributed by atoms with Crippen molar-refractivity contribution < 1.29 is 0 Å². The fourth-order valence-electron chi connectivity index (χ4n) is 3.69. The maximum absolute atomic E-state index is 4.73. The predicted octanol–water partition coefficient (Wildman–Crippen LogP) is 2.30. The molecule has 1 fully saturated rings. The third-order valence-corrected chi connectivity index (χ3v) is 4.84. The van der Waals surface area contributed by atoms with E-state index in [-0.39, 0.29) is 0 Å². The Morgan fingerprint density at radius 1 is 1.12 bits per heavy atom. The highest BCUT2D eigenvalue weighted by atomic mass is 15.2. The molecule has 0 amide bonds. The molecule has 2 aliphatic heterocycles. The molecule has 0 atom stereocenters. The molecular weight excluding hydrogens is 300 g/mol. The Balaban J connectivity index is 1.49. The fourth-order valence-corrected chi connectivity index (χ4v) is 3.69. The number of hydrogen-bond acceptors (Lipinski definition) is 6. The Morgan fingerprint density at radius 3 is 2.75 bits per heavy atom. The second-order valence-electron chi connectivity index (χ2n) is 6.85. The van der Waals surface area contributed by atoms with Gasteiger partial charge < -0.3 is 10.6 Å². The van der Waals surface area contributed by atoms with E-state index in [1.165, 1.54) is 24.0 Å². The molecule has 24 heavy (non-hydrogen) atoms. The van der Waals surface area contributed by atoms with Crippen molar-refractivity contribution in [2.75, 3.05) is 18.4 Å². The summed E-state index contributed by atoms with van der Waals surface area (Å²) in [6, 6.07) is 4.74. The summed E-state index contributed by atoms with van der Waals surface area (Å²) in [6.45, 7) is 8.21. The maximum atomic E-state index is 4.73. The lowest BCUT2D eigenvalue weighted by molar-refractivity contribution is 0.162. The van der Waals surface area contributed by atoms with E-state index in [4.69, 9.17) is 4.98 Å². The third-order valence-electron chi connectivity index (χ3n) is 4.84. The van der Waals surface area contributed by atoms with Crippen LogP contribution in [0.2, 0.25) is 0 Å². The number of piperidine rings is 1. The van der Waals surface area contributed by atoms with Gasteiger partial charge in [-0.3, -0.25) is 4.90 Å². The molecule has 126 valence electrons. The van der Waals surface area contributed by atoms with Gasteiger partial charge in [-0.05, 0) is 57.5 Å². The maximum Gasteiger partial charge on any atom is 0.228 e. The zero-order valence-electron chi connectivity index (χ0n) is 14.3. The SMILES string of the molecule is Cc1cc(C)nc(Nc2ncc3c(n2)CN(C2CCNCC2)C3)c1. The normalized spacial score (nSPS) is 18.6. The lowest BCUT2D eigenvalue weighted by Crippen LogP contribution is -2.40. The standard InChI is InChI=1S/C18H24N6/c1-12-7-13(2)21-17(8-12)23-18-20-9-14-10-24(11-16(14)22-18)15-3-5-19-6-4-15/h7-9,15,19H,3-6,10-11H2,1-2H3,(H,20,21,22,23). The van der Waals surface area contributed by atoms with Crippen LogP contribution in [0.4, 0.5) is 11.8 Å². The van der Waals surface area contributed by atoms with Gasteiger partial charge in [-0.25, -0.2) is 15.0 Å². The van der Waals surface area contributed by atoms with Gasteiger partial charge in [-0.15, -0.1) is 0 Å². The van der Waals surface area contributed by atoms with E-state index in [2.05, 4.69) is 38.5 Å². The molecule has 0 bridgehead atoms. The van der Waals surface area contributed by atoms with Crippen LogP contribution in [0.15, 0.2) is 18.3 Å². The lowest BCUT2D eigenvalue weighted by atomic mass is 10.1. The lowest BCUT2D eigenvalue weighted by Gasteiger charge is -2.30. The topological polar surface area (TPSA) is 66.0 Å². The van der Waals surface area contributed by atoms with Crippen molar-refractivity contribution in [2.45, 2.75) is 45.8 Å². The van der Waals surface area contributed by atoms with Crippen molar-refractivity contribution in [3.05, 3.63) is 40.8 Å². The molecule has 0 aromatic carbocycles. The molecule has 6 nitrogen and oxygen atoms in total. The summed E-state index contributed by atoms with van der Waals surface area (Å²) in [4.78, 5) is 16.3.